The first kappa shape index (κ1) is 35.1. The second-order valence-corrected chi connectivity index (χ2v) is 16.7. The van der Waals surface area contributed by atoms with E-state index in [0.717, 1.165) is 38.0 Å². The highest BCUT2D eigenvalue weighted by Crippen LogP contribution is 2.46. The van der Waals surface area contributed by atoms with E-state index in [1.807, 2.05) is 12.2 Å². The number of carbonyl (C=O) groups is 4. The number of sulfonamides is 1. The molecule has 2 saturated heterocycles. The Morgan fingerprint density at radius 1 is 1.13 bits per heavy atom. The SMILES string of the molecule is C=C[C@@H]1C[C@]1(NC(=O)[C@@H]1C[C@@](O)(C2C=CC=C(CN3CCCCC3)C2)CN1C(=O)CNC(=O)OC(C)(C)C)C(=O)NS(=O)(=O)C1CC1. The minimum Gasteiger partial charge on any atom is -0.444 e. The molecule has 13 nitrogen and oxygen atoms in total. The van der Waals surface area contributed by atoms with Crippen molar-refractivity contribution >= 4 is 33.8 Å². The molecule has 2 aliphatic heterocycles. The number of hydrogen-bond donors (Lipinski definition) is 4. The fourth-order valence-electron chi connectivity index (χ4n) is 6.90. The standard InChI is InChI=1S/C33H49N5O8S/c1-5-23-17-33(23,29(41)36-47(44,45)25-12-13-25)35-28(40)26-18-32(43,21-38(26)27(39)19-34-30(42)46-31(2,3)4)24-11-9-10-22(16-24)20-37-14-7-6-8-15-37/h5,9-11,23-26,43H,1,6-8,12-21H2,2-4H3,(H,34,42)(H,35,40)(H,36,41)/t23-,24?,26+,32+,33-/m1/s1. The molecule has 5 atom stereocenters. The number of likely N-dealkylation sites (tertiary alicyclic amines) is 2. The molecule has 47 heavy (non-hydrogen) atoms. The molecule has 4 N–H and O–H groups in total. The van der Waals surface area contributed by atoms with Gasteiger partial charge in [0.15, 0.2) is 0 Å². The zero-order chi connectivity index (χ0) is 34.2. The quantitative estimate of drug-likeness (QED) is 0.237. The molecule has 1 unspecified atom stereocenters. The van der Waals surface area contributed by atoms with Crippen molar-refractivity contribution in [2.45, 2.75) is 100 Å². The first-order valence-corrected chi connectivity index (χ1v) is 18.2. The molecule has 14 heteroatoms. The highest BCUT2D eigenvalue weighted by Gasteiger charge is 2.62. The van der Waals surface area contributed by atoms with Gasteiger partial charge in [0, 0.05) is 24.8 Å². The van der Waals surface area contributed by atoms with Gasteiger partial charge in [-0.2, -0.15) is 0 Å². The second-order valence-electron chi connectivity index (χ2n) is 14.7. The van der Waals surface area contributed by atoms with Crippen LogP contribution in [0.1, 0.15) is 72.1 Å². The zero-order valence-electron chi connectivity index (χ0n) is 27.6. The van der Waals surface area contributed by atoms with E-state index in [1.165, 1.54) is 17.4 Å². The van der Waals surface area contributed by atoms with Crippen molar-refractivity contribution < 1.29 is 37.4 Å². The number of ether oxygens (including phenoxy) is 1. The Balaban J connectivity index is 1.33. The normalized spacial score (nSPS) is 31.0. The van der Waals surface area contributed by atoms with Gasteiger partial charge in [-0.1, -0.05) is 36.3 Å². The lowest BCUT2D eigenvalue weighted by Crippen LogP contribution is -2.57. The number of rotatable bonds is 11. The highest BCUT2D eigenvalue weighted by atomic mass is 32.2. The molecular weight excluding hydrogens is 626 g/mol. The molecule has 0 spiro atoms. The van der Waals surface area contributed by atoms with Crippen LogP contribution in [0.4, 0.5) is 4.79 Å². The van der Waals surface area contributed by atoms with Gasteiger partial charge in [0.2, 0.25) is 21.8 Å². The predicted molar refractivity (Wildman–Crippen MR) is 174 cm³/mol. The van der Waals surface area contributed by atoms with Crippen LogP contribution in [0, 0.1) is 11.8 Å². The Kier molecular flexibility index (Phi) is 9.96. The van der Waals surface area contributed by atoms with E-state index in [-0.39, 0.29) is 25.3 Å². The Labute approximate surface area is 277 Å². The predicted octanol–water partition coefficient (Wildman–Crippen LogP) is 1.50. The Hall–Kier alpha value is -3.23. The molecule has 2 saturated carbocycles. The lowest BCUT2D eigenvalue weighted by molar-refractivity contribution is -0.139. The monoisotopic (exact) mass is 675 g/mol. The van der Waals surface area contributed by atoms with E-state index in [0.29, 0.717) is 19.3 Å². The van der Waals surface area contributed by atoms with Crippen LogP contribution >= 0.6 is 0 Å². The summed E-state index contributed by atoms with van der Waals surface area (Å²) in [6.45, 7) is 11.0. The van der Waals surface area contributed by atoms with Crippen LogP contribution in [0.15, 0.2) is 36.5 Å². The molecule has 0 bridgehead atoms. The maximum atomic E-state index is 14.0. The molecule has 5 aliphatic rings. The minimum absolute atomic E-state index is 0.111. The number of amides is 4. The van der Waals surface area contributed by atoms with Crippen LogP contribution < -0.4 is 15.4 Å². The Morgan fingerprint density at radius 2 is 1.83 bits per heavy atom. The van der Waals surface area contributed by atoms with E-state index >= 15 is 0 Å². The lowest BCUT2D eigenvalue weighted by Gasteiger charge is -2.34. The fraction of sp³-hybridized carbons (Fsp3) is 0.697. The van der Waals surface area contributed by atoms with Crippen molar-refractivity contribution in [3.63, 3.8) is 0 Å². The summed E-state index contributed by atoms with van der Waals surface area (Å²) in [5.74, 6) is -3.05. The molecule has 0 aromatic rings. The van der Waals surface area contributed by atoms with Crippen LogP contribution in [0.25, 0.3) is 0 Å². The maximum absolute atomic E-state index is 14.0. The zero-order valence-corrected chi connectivity index (χ0v) is 28.4. The van der Waals surface area contributed by atoms with Gasteiger partial charge in [0.25, 0.3) is 5.91 Å². The van der Waals surface area contributed by atoms with Gasteiger partial charge < -0.3 is 25.4 Å². The van der Waals surface area contributed by atoms with E-state index in [4.69, 9.17) is 4.74 Å². The number of hydrogen-bond acceptors (Lipinski definition) is 9. The molecular formula is C33H49N5O8S. The smallest absolute Gasteiger partial charge is 0.408 e. The number of β-amino-alcohol motifs (C(OH)–C–C–N with tert-alkyl or cyclic N) is 1. The van der Waals surface area contributed by atoms with E-state index < -0.39 is 74.3 Å². The summed E-state index contributed by atoms with van der Waals surface area (Å²) >= 11 is 0. The summed E-state index contributed by atoms with van der Waals surface area (Å²) in [7, 11) is -3.88. The topological polar surface area (TPSA) is 174 Å². The summed E-state index contributed by atoms with van der Waals surface area (Å²) in [6.07, 6.45) is 11.6. The molecule has 0 aromatic carbocycles. The molecule has 4 amide bonds. The fourth-order valence-corrected chi connectivity index (χ4v) is 8.26. The number of alkyl carbamates (subject to hydrolysis) is 1. The van der Waals surface area contributed by atoms with E-state index in [2.05, 4.69) is 32.9 Å². The summed E-state index contributed by atoms with van der Waals surface area (Å²) < 4.78 is 32.5. The van der Waals surface area contributed by atoms with Crippen molar-refractivity contribution in [1.29, 1.82) is 0 Å². The first-order chi connectivity index (χ1) is 22.0. The average Bonchev–Trinajstić information content (AvgIpc) is 3.93. The van der Waals surface area contributed by atoms with Crippen molar-refractivity contribution in [3.8, 4) is 0 Å². The van der Waals surface area contributed by atoms with E-state index in [9.17, 15) is 32.7 Å². The van der Waals surface area contributed by atoms with Gasteiger partial charge in [-0.25, -0.2) is 13.2 Å². The van der Waals surface area contributed by atoms with Gasteiger partial charge >= 0.3 is 6.09 Å². The molecule has 0 radical (unpaired) electrons. The van der Waals surface area contributed by atoms with E-state index in [1.54, 1.807) is 20.8 Å². The van der Waals surface area contributed by atoms with Gasteiger partial charge in [0.05, 0.1) is 17.4 Å². The maximum Gasteiger partial charge on any atom is 0.408 e. The number of nitrogens with one attached hydrogen (secondary N) is 3. The largest absolute Gasteiger partial charge is 0.444 e. The highest BCUT2D eigenvalue weighted by molar-refractivity contribution is 7.91. The lowest BCUT2D eigenvalue weighted by atomic mass is 9.78. The van der Waals surface area contributed by atoms with Crippen molar-refractivity contribution in [3.05, 3.63) is 36.5 Å². The van der Waals surface area contributed by atoms with Crippen molar-refractivity contribution in [2.75, 3.05) is 32.7 Å². The Bertz CT molecular complexity index is 1440. The summed E-state index contributed by atoms with van der Waals surface area (Å²) in [5, 5.41) is 16.6. The van der Waals surface area contributed by atoms with Crippen LogP contribution in [-0.4, -0.2) is 108 Å². The number of carbonyl (C=O) groups excluding carboxylic acids is 4. The van der Waals surface area contributed by atoms with Crippen LogP contribution in [0.2, 0.25) is 0 Å². The summed E-state index contributed by atoms with van der Waals surface area (Å²) in [4.78, 5) is 56.8. The molecule has 2 heterocycles. The second kappa shape index (κ2) is 13.3. The molecule has 0 aromatic heterocycles. The van der Waals surface area contributed by atoms with Crippen molar-refractivity contribution in [1.82, 2.24) is 25.2 Å². The van der Waals surface area contributed by atoms with Gasteiger partial charge in [-0.3, -0.25) is 24.0 Å². The Morgan fingerprint density at radius 3 is 2.45 bits per heavy atom. The number of piperidine rings is 1. The first-order valence-electron chi connectivity index (χ1n) is 16.6. The molecule has 260 valence electrons. The molecule has 5 rings (SSSR count). The van der Waals surface area contributed by atoms with Crippen LogP contribution in [0.3, 0.4) is 0 Å². The third kappa shape index (κ3) is 8.26. The summed E-state index contributed by atoms with van der Waals surface area (Å²) in [6, 6.07) is -1.19. The molecule has 4 fully saturated rings. The van der Waals surface area contributed by atoms with Crippen molar-refractivity contribution in [2.24, 2.45) is 11.8 Å². The minimum atomic E-state index is -3.88. The number of aliphatic hydroxyl groups is 1. The number of allylic oxidation sites excluding steroid dienone is 2. The average molecular weight is 676 g/mol. The van der Waals surface area contributed by atoms with Crippen LogP contribution in [-0.2, 0) is 29.1 Å². The third-order valence-electron chi connectivity index (χ3n) is 9.74. The summed E-state index contributed by atoms with van der Waals surface area (Å²) in [5.41, 5.74) is -2.65. The third-order valence-corrected chi connectivity index (χ3v) is 11.6. The van der Waals surface area contributed by atoms with Gasteiger partial charge in [-0.05, 0) is 72.4 Å². The molecule has 3 aliphatic carbocycles. The number of nitrogens with zero attached hydrogens (tertiary/aromatic N) is 2. The van der Waals surface area contributed by atoms with Crippen LogP contribution in [0.5, 0.6) is 0 Å². The van der Waals surface area contributed by atoms with Gasteiger partial charge in [-0.15, -0.1) is 6.58 Å². The van der Waals surface area contributed by atoms with Gasteiger partial charge in [0.1, 0.15) is 23.7 Å².